The summed E-state index contributed by atoms with van der Waals surface area (Å²) in [5.41, 5.74) is 6.81. The Kier molecular flexibility index (Phi) is 2.97. The van der Waals surface area contributed by atoms with Crippen molar-refractivity contribution in [3.63, 3.8) is 0 Å². The molecule has 0 nitrogen and oxygen atoms in total. The summed E-state index contributed by atoms with van der Waals surface area (Å²) in [4.78, 5) is 0. The van der Waals surface area contributed by atoms with Crippen LogP contribution in [0.2, 0.25) is 5.02 Å². The van der Waals surface area contributed by atoms with E-state index in [2.05, 4.69) is 37.3 Å². The molecular weight excluding hydrogens is 240 g/mol. The zero-order chi connectivity index (χ0) is 12.5. The fraction of sp³-hybridized carbons (Fsp3) is 0.176. The summed E-state index contributed by atoms with van der Waals surface area (Å²) in [7, 11) is 0. The normalized spacial score (nSPS) is 13.3. The number of hydrogen-bond donors (Lipinski definition) is 0. The third kappa shape index (κ3) is 1.97. The van der Waals surface area contributed by atoms with Gasteiger partial charge in [0.15, 0.2) is 0 Å². The molecule has 0 saturated carbocycles. The van der Waals surface area contributed by atoms with E-state index in [1.165, 1.54) is 27.8 Å². The van der Waals surface area contributed by atoms with E-state index in [-0.39, 0.29) is 0 Å². The van der Waals surface area contributed by atoms with Crippen LogP contribution in [-0.4, -0.2) is 0 Å². The molecule has 0 atom stereocenters. The van der Waals surface area contributed by atoms with Crippen molar-refractivity contribution in [3.05, 3.63) is 64.2 Å². The first-order chi connectivity index (χ1) is 8.78. The Morgan fingerprint density at radius 1 is 1.11 bits per heavy atom. The van der Waals surface area contributed by atoms with Crippen LogP contribution in [0.5, 0.6) is 0 Å². The zero-order valence-corrected chi connectivity index (χ0v) is 11.2. The average molecular weight is 255 g/mol. The Morgan fingerprint density at radius 3 is 2.72 bits per heavy atom. The van der Waals surface area contributed by atoms with Crippen LogP contribution in [0.3, 0.4) is 0 Å². The molecule has 0 radical (unpaired) electrons. The molecule has 0 aromatic heterocycles. The van der Waals surface area contributed by atoms with Gasteiger partial charge in [-0.3, -0.25) is 0 Å². The van der Waals surface area contributed by atoms with Gasteiger partial charge in [0.25, 0.3) is 0 Å². The summed E-state index contributed by atoms with van der Waals surface area (Å²) in [5.74, 6) is 0. The van der Waals surface area contributed by atoms with Crippen LogP contribution < -0.4 is 0 Å². The van der Waals surface area contributed by atoms with Crippen LogP contribution in [0.25, 0.3) is 17.2 Å². The Bertz CT molecular complexity index is 623. The van der Waals surface area contributed by atoms with Crippen molar-refractivity contribution in [2.75, 3.05) is 0 Å². The third-order valence-corrected chi connectivity index (χ3v) is 3.79. The van der Waals surface area contributed by atoms with Gasteiger partial charge in [-0.15, -0.1) is 0 Å². The molecule has 0 amide bonds. The van der Waals surface area contributed by atoms with Gasteiger partial charge in [-0.05, 0) is 47.2 Å². The maximum Gasteiger partial charge on any atom is 0.0412 e. The molecule has 0 unspecified atom stereocenters. The molecule has 2 aromatic carbocycles. The molecule has 2 aromatic rings. The van der Waals surface area contributed by atoms with E-state index in [4.69, 9.17) is 11.6 Å². The number of allylic oxidation sites excluding steroid dienone is 1. The SMILES string of the molecule is CCC1=Cc2c(cccc2-c2cccc(Cl)c2)C1. The predicted octanol–water partition coefficient (Wildman–Crippen LogP) is 5.36. The second-order valence-electron chi connectivity index (χ2n) is 4.72. The first-order valence-electron chi connectivity index (χ1n) is 6.35. The van der Waals surface area contributed by atoms with Crippen molar-refractivity contribution in [3.8, 4) is 11.1 Å². The standard InChI is InChI=1S/C17H15Cl/c1-2-12-9-13-6-4-8-16(17(13)10-12)14-5-3-7-15(18)11-14/h3-8,10-11H,2,9H2,1H3. The van der Waals surface area contributed by atoms with E-state index >= 15 is 0 Å². The van der Waals surface area contributed by atoms with Crippen LogP contribution in [0, 0.1) is 0 Å². The van der Waals surface area contributed by atoms with Crippen molar-refractivity contribution >= 4 is 17.7 Å². The monoisotopic (exact) mass is 254 g/mol. The fourth-order valence-electron chi connectivity index (χ4n) is 2.57. The van der Waals surface area contributed by atoms with Gasteiger partial charge in [0.2, 0.25) is 0 Å². The van der Waals surface area contributed by atoms with E-state index in [9.17, 15) is 0 Å². The lowest BCUT2D eigenvalue weighted by molar-refractivity contribution is 1.04. The second kappa shape index (κ2) is 4.62. The number of halogens is 1. The Balaban J connectivity index is 2.15. The van der Waals surface area contributed by atoms with Crippen LogP contribution >= 0.6 is 11.6 Å². The van der Waals surface area contributed by atoms with Gasteiger partial charge >= 0.3 is 0 Å². The van der Waals surface area contributed by atoms with Crippen molar-refractivity contribution in [2.45, 2.75) is 19.8 Å². The Morgan fingerprint density at radius 2 is 1.94 bits per heavy atom. The largest absolute Gasteiger partial charge is 0.0843 e. The van der Waals surface area contributed by atoms with E-state index in [1.54, 1.807) is 0 Å². The lowest BCUT2D eigenvalue weighted by atomic mass is 9.97. The molecule has 18 heavy (non-hydrogen) atoms. The smallest absolute Gasteiger partial charge is 0.0412 e. The molecule has 0 saturated heterocycles. The van der Waals surface area contributed by atoms with Crippen molar-refractivity contribution in [1.29, 1.82) is 0 Å². The molecule has 3 rings (SSSR count). The van der Waals surface area contributed by atoms with Gasteiger partial charge in [0.05, 0.1) is 0 Å². The quantitative estimate of drug-likeness (QED) is 0.677. The van der Waals surface area contributed by atoms with Crippen LogP contribution in [0.4, 0.5) is 0 Å². The van der Waals surface area contributed by atoms with Crippen LogP contribution in [-0.2, 0) is 6.42 Å². The number of rotatable bonds is 2. The topological polar surface area (TPSA) is 0 Å². The van der Waals surface area contributed by atoms with E-state index in [0.29, 0.717) is 0 Å². The highest BCUT2D eigenvalue weighted by Crippen LogP contribution is 2.35. The minimum absolute atomic E-state index is 0.794. The molecule has 0 N–H and O–H groups in total. The van der Waals surface area contributed by atoms with Gasteiger partial charge in [0, 0.05) is 5.02 Å². The van der Waals surface area contributed by atoms with Gasteiger partial charge in [0.1, 0.15) is 0 Å². The van der Waals surface area contributed by atoms with Crippen molar-refractivity contribution < 1.29 is 0 Å². The molecule has 0 bridgehead atoms. The molecule has 0 fully saturated rings. The highest BCUT2D eigenvalue weighted by atomic mass is 35.5. The average Bonchev–Trinajstić information content (AvgIpc) is 2.81. The van der Waals surface area contributed by atoms with Crippen molar-refractivity contribution in [2.24, 2.45) is 0 Å². The predicted molar refractivity (Wildman–Crippen MR) is 78.9 cm³/mol. The number of fused-ring (bicyclic) bond motifs is 1. The fourth-order valence-corrected chi connectivity index (χ4v) is 2.76. The maximum absolute atomic E-state index is 6.09. The second-order valence-corrected chi connectivity index (χ2v) is 5.16. The number of benzene rings is 2. The summed E-state index contributed by atoms with van der Waals surface area (Å²) in [6.45, 7) is 2.22. The minimum Gasteiger partial charge on any atom is -0.0843 e. The first kappa shape index (κ1) is 11.6. The molecule has 0 heterocycles. The summed E-state index contributed by atoms with van der Waals surface area (Å²) in [6, 6.07) is 14.6. The molecule has 0 aliphatic heterocycles. The molecule has 1 heteroatoms. The zero-order valence-electron chi connectivity index (χ0n) is 10.4. The highest BCUT2D eigenvalue weighted by molar-refractivity contribution is 6.30. The van der Waals surface area contributed by atoms with Gasteiger partial charge < -0.3 is 0 Å². The summed E-state index contributed by atoms with van der Waals surface area (Å²) >= 11 is 6.09. The van der Waals surface area contributed by atoms with E-state index in [0.717, 1.165) is 17.9 Å². The minimum atomic E-state index is 0.794. The van der Waals surface area contributed by atoms with Crippen molar-refractivity contribution in [1.82, 2.24) is 0 Å². The summed E-state index contributed by atoms with van der Waals surface area (Å²) < 4.78 is 0. The summed E-state index contributed by atoms with van der Waals surface area (Å²) in [6.07, 6.45) is 4.56. The maximum atomic E-state index is 6.09. The van der Waals surface area contributed by atoms with Crippen LogP contribution in [0.15, 0.2) is 48.0 Å². The number of hydrogen-bond acceptors (Lipinski definition) is 0. The van der Waals surface area contributed by atoms with Gasteiger partial charge in [-0.25, -0.2) is 0 Å². The third-order valence-electron chi connectivity index (χ3n) is 3.55. The molecule has 1 aliphatic rings. The Labute approximate surface area is 113 Å². The highest BCUT2D eigenvalue weighted by Gasteiger charge is 2.15. The van der Waals surface area contributed by atoms with E-state index < -0.39 is 0 Å². The first-order valence-corrected chi connectivity index (χ1v) is 6.73. The van der Waals surface area contributed by atoms with Gasteiger partial charge in [-0.1, -0.05) is 60.5 Å². The summed E-state index contributed by atoms with van der Waals surface area (Å²) in [5, 5.41) is 0.794. The van der Waals surface area contributed by atoms with Crippen LogP contribution in [0.1, 0.15) is 24.5 Å². The van der Waals surface area contributed by atoms with Gasteiger partial charge in [-0.2, -0.15) is 0 Å². The van der Waals surface area contributed by atoms with E-state index in [1.807, 2.05) is 18.2 Å². The molecule has 1 aliphatic carbocycles. The molecular formula is C17H15Cl. The molecule has 0 spiro atoms. The Hall–Kier alpha value is -1.53. The molecule has 90 valence electrons. The lowest BCUT2D eigenvalue weighted by Gasteiger charge is -2.08. The lowest BCUT2D eigenvalue weighted by Crippen LogP contribution is -1.87.